The molecule has 0 saturated carbocycles. The smallest absolute Gasteiger partial charge is 0.194 e. The van der Waals surface area contributed by atoms with E-state index in [1.54, 1.807) is 17.4 Å². The highest BCUT2D eigenvalue weighted by molar-refractivity contribution is 9.10. The number of fused-ring (bicyclic) bond motifs is 1. The molecule has 3 nitrogen and oxygen atoms in total. The van der Waals surface area contributed by atoms with Crippen molar-refractivity contribution in [2.45, 2.75) is 20.4 Å². The van der Waals surface area contributed by atoms with Crippen LogP contribution in [0.2, 0.25) is 0 Å². The normalized spacial score (nSPS) is 11.2. The molecule has 0 amide bonds. The molecule has 6 heteroatoms. The minimum absolute atomic E-state index is 0.251. The van der Waals surface area contributed by atoms with Gasteiger partial charge in [0.1, 0.15) is 5.82 Å². The number of nitrogens with one attached hydrogen (secondary N) is 1. The van der Waals surface area contributed by atoms with Gasteiger partial charge in [-0.2, -0.15) is 0 Å². The molecule has 20 heavy (non-hydrogen) atoms. The van der Waals surface area contributed by atoms with Crippen LogP contribution in [0.1, 0.15) is 16.3 Å². The van der Waals surface area contributed by atoms with Crippen molar-refractivity contribution in [3.05, 3.63) is 51.0 Å². The van der Waals surface area contributed by atoms with E-state index in [2.05, 4.69) is 43.8 Å². The average Bonchev–Trinajstić information content (AvgIpc) is 2.84. The number of nitrogens with zero attached hydrogens (tertiary/aromatic N) is 2. The summed E-state index contributed by atoms with van der Waals surface area (Å²) in [5.74, 6) is -0.251. The van der Waals surface area contributed by atoms with Crippen molar-refractivity contribution in [1.29, 1.82) is 0 Å². The van der Waals surface area contributed by atoms with E-state index in [4.69, 9.17) is 0 Å². The van der Waals surface area contributed by atoms with E-state index in [1.165, 1.54) is 17.0 Å². The van der Waals surface area contributed by atoms with Crippen LogP contribution in [0.3, 0.4) is 0 Å². The second kappa shape index (κ2) is 5.18. The van der Waals surface area contributed by atoms with Gasteiger partial charge in [0.05, 0.1) is 17.9 Å². The predicted octanol–water partition coefficient (Wildman–Crippen LogP) is 4.53. The first-order valence-corrected chi connectivity index (χ1v) is 7.78. The zero-order chi connectivity index (χ0) is 14.3. The van der Waals surface area contributed by atoms with Crippen molar-refractivity contribution < 1.29 is 4.39 Å². The number of imidazole rings is 1. The van der Waals surface area contributed by atoms with Gasteiger partial charge < -0.3 is 5.32 Å². The first kappa shape index (κ1) is 13.6. The van der Waals surface area contributed by atoms with Crippen LogP contribution in [0.25, 0.3) is 4.96 Å². The Balaban J connectivity index is 1.87. The van der Waals surface area contributed by atoms with Crippen LogP contribution in [0.5, 0.6) is 0 Å². The number of hydrogen-bond acceptors (Lipinski definition) is 3. The number of benzene rings is 1. The summed E-state index contributed by atoms with van der Waals surface area (Å²) in [4.78, 5) is 6.79. The van der Waals surface area contributed by atoms with Gasteiger partial charge in [-0.15, -0.1) is 11.3 Å². The molecule has 1 N–H and O–H groups in total. The third-order valence-corrected chi connectivity index (χ3v) is 4.67. The molecule has 1 aromatic carbocycles. The molecule has 0 spiro atoms. The molecule has 0 fully saturated rings. The molecule has 0 aliphatic rings. The Morgan fingerprint density at radius 3 is 2.95 bits per heavy atom. The quantitative estimate of drug-likeness (QED) is 0.749. The molecule has 0 radical (unpaired) electrons. The molecule has 0 bridgehead atoms. The molecule has 0 aliphatic heterocycles. The molecule has 104 valence electrons. The van der Waals surface area contributed by atoms with E-state index < -0.39 is 0 Å². The third-order valence-electron chi connectivity index (χ3n) is 3.12. The van der Waals surface area contributed by atoms with E-state index in [-0.39, 0.29) is 5.82 Å². The zero-order valence-electron chi connectivity index (χ0n) is 11.1. The highest BCUT2D eigenvalue weighted by Gasteiger charge is 2.11. The first-order chi connectivity index (χ1) is 9.54. The van der Waals surface area contributed by atoms with Crippen molar-refractivity contribution in [2.24, 2.45) is 0 Å². The molecular weight excluding hydrogens is 341 g/mol. The maximum atomic E-state index is 13.1. The minimum Gasteiger partial charge on any atom is -0.378 e. The van der Waals surface area contributed by atoms with Gasteiger partial charge in [-0.1, -0.05) is 0 Å². The third kappa shape index (κ3) is 2.45. The number of hydrogen-bond donors (Lipinski definition) is 1. The summed E-state index contributed by atoms with van der Waals surface area (Å²) in [5, 5.41) is 3.32. The van der Waals surface area contributed by atoms with E-state index >= 15 is 0 Å². The average molecular weight is 354 g/mol. The Labute approximate surface area is 128 Å². The summed E-state index contributed by atoms with van der Waals surface area (Å²) in [7, 11) is 0. The molecule has 0 atom stereocenters. The second-order valence-electron chi connectivity index (χ2n) is 4.62. The number of rotatable bonds is 3. The molecule has 3 aromatic rings. The lowest BCUT2D eigenvalue weighted by molar-refractivity contribution is 0.627. The van der Waals surface area contributed by atoms with Gasteiger partial charge in [0.15, 0.2) is 4.96 Å². The van der Waals surface area contributed by atoms with E-state index in [1.807, 2.05) is 6.92 Å². The molecule has 2 heterocycles. The second-order valence-corrected chi connectivity index (χ2v) is 6.68. The van der Waals surface area contributed by atoms with Crippen molar-refractivity contribution in [2.75, 3.05) is 5.32 Å². The van der Waals surface area contributed by atoms with Crippen LogP contribution in [0.15, 0.2) is 28.9 Å². The van der Waals surface area contributed by atoms with Gasteiger partial charge in [-0.25, -0.2) is 9.37 Å². The number of anilines is 1. The van der Waals surface area contributed by atoms with Gasteiger partial charge in [0.2, 0.25) is 0 Å². The number of thiazole rings is 1. The fourth-order valence-corrected chi connectivity index (χ4v) is 3.51. The fraction of sp³-hybridized carbons (Fsp3) is 0.214. The molecule has 0 unspecified atom stereocenters. The Hall–Kier alpha value is -1.40. The Bertz CT molecular complexity index is 778. The minimum atomic E-state index is -0.251. The Kier molecular flexibility index (Phi) is 3.52. The largest absolute Gasteiger partial charge is 0.378 e. The lowest BCUT2D eigenvalue weighted by Gasteiger charge is -2.08. The summed E-state index contributed by atoms with van der Waals surface area (Å²) in [6.45, 7) is 4.72. The fourth-order valence-electron chi connectivity index (χ4n) is 2.13. The predicted molar refractivity (Wildman–Crippen MR) is 84.0 cm³/mol. The zero-order valence-corrected chi connectivity index (χ0v) is 13.5. The highest BCUT2D eigenvalue weighted by Crippen LogP contribution is 2.25. The summed E-state index contributed by atoms with van der Waals surface area (Å²) in [6, 6.07) is 4.63. The molecular formula is C14H13BrFN3S. The monoisotopic (exact) mass is 353 g/mol. The lowest BCUT2D eigenvalue weighted by Crippen LogP contribution is -2.04. The van der Waals surface area contributed by atoms with Crippen LogP contribution in [-0.4, -0.2) is 9.38 Å². The number of aryl methyl sites for hydroxylation is 2. The van der Waals surface area contributed by atoms with E-state index in [9.17, 15) is 4.39 Å². The topological polar surface area (TPSA) is 29.3 Å². The highest BCUT2D eigenvalue weighted by atomic mass is 79.9. The summed E-state index contributed by atoms with van der Waals surface area (Å²) >= 11 is 5.04. The van der Waals surface area contributed by atoms with Crippen molar-refractivity contribution in [1.82, 2.24) is 9.38 Å². The van der Waals surface area contributed by atoms with Crippen molar-refractivity contribution >= 4 is 37.9 Å². The van der Waals surface area contributed by atoms with Gasteiger partial charge in [0.25, 0.3) is 0 Å². The van der Waals surface area contributed by atoms with E-state index in [0.29, 0.717) is 6.54 Å². The number of halogens is 2. The van der Waals surface area contributed by atoms with Gasteiger partial charge >= 0.3 is 0 Å². The maximum absolute atomic E-state index is 13.1. The van der Waals surface area contributed by atoms with Crippen LogP contribution >= 0.6 is 27.3 Å². The van der Waals surface area contributed by atoms with Crippen molar-refractivity contribution in [3.63, 3.8) is 0 Å². The standard InChI is InChI=1S/C14H13BrFN3S/c1-8-7-19-13(9(2)18-14(19)20-8)6-17-12-4-3-10(16)5-11(12)15/h3-5,7,17H,6H2,1-2H3. The van der Waals surface area contributed by atoms with Crippen LogP contribution < -0.4 is 5.32 Å². The van der Waals surface area contributed by atoms with Gasteiger partial charge in [0, 0.05) is 21.2 Å². The molecule has 0 aliphatic carbocycles. The Morgan fingerprint density at radius 1 is 1.40 bits per heavy atom. The number of aromatic nitrogens is 2. The Morgan fingerprint density at radius 2 is 2.20 bits per heavy atom. The lowest BCUT2D eigenvalue weighted by atomic mass is 10.3. The molecule has 3 rings (SSSR count). The molecule has 0 saturated heterocycles. The van der Waals surface area contributed by atoms with Crippen LogP contribution in [-0.2, 0) is 6.54 Å². The summed E-state index contributed by atoms with van der Waals surface area (Å²) in [6.07, 6.45) is 2.09. The van der Waals surface area contributed by atoms with Crippen molar-refractivity contribution in [3.8, 4) is 0 Å². The summed E-state index contributed by atoms with van der Waals surface area (Å²) < 4.78 is 15.9. The van der Waals surface area contributed by atoms with Crippen LogP contribution in [0.4, 0.5) is 10.1 Å². The van der Waals surface area contributed by atoms with Gasteiger partial charge in [-0.3, -0.25) is 4.40 Å². The van der Waals surface area contributed by atoms with Crippen LogP contribution in [0, 0.1) is 19.7 Å². The maximum Gasteiger partial charge on any atom is 0.194 e. The van der Waals surface area contributed by atoms with E-state index in [0.717, 1.165) is 26.5 Å². The molecule has 2 aromatic heterocycles. The first-order valence-electron chi connectivity index (χ1n) is 6.17. The SMILES string of the molecule is Cc1cn2c(CNc3ccc(F)cc3Br)c(C)nc2s1. The van der Waals surface area contributed by atoms with Gasteiger partial charge in [-0.05, 0) is 48.0 Å². The summed E-state index contributed by atoms with van der Waals surface area (Å²) in [5.41, 5.74) is 3.01.